The summed E-state index contributed by atoms with van der Waals surface area (Å²) in [7, 11) is 0. The third-order valence-electron chi connectivity index (χ3n) is 2.98. The molecular formula is C13H24N2O4. The summed E-state index contributed by atoms with van der Waals surface area (Å²) in [5.41, 5.74) is -0.480. The molecule has 1 amide bonds. The van der Waals surface area contributed by atoms with Gasteiger partial charge in [-0.25, -0.2) is 4.79 Å². The number of carboxylic acid groups (broad SMARTS) is 1. The first-order valence-corrected chi connectivity index (χ1v) is 6.62. The summed E-state index contributed by atoms with van der Waals surface area (Å²) in [6.07, 6.45) is -0.293. The van der Waals surface area contributed by atoms with Gasteiger partial charge in [0.15, 0.2) is 0 Å². The zero-order chi connectivity index (χ0) is 14.6. The van der Waals surface area contributed by atoms with Crippen LogP contribution in [0.15, 0.2) is 0 Å². The number of carbonyl (C=O) groups is 2. The molecule has 1 rings (SSSR count). The molecule has 110 valence electrons. The zero-order valence-electron chi connectivity index (χ0n) is 12.2. The first-order valence-electron chi connectivity index (χ1n) is 6.62. The summed E-state index contributed by atoms with van der Waals surface area (Å²) in [6.45, 7) is 10.3. The van der Waals surface area contributed by atoms with Gasteiger partial charge in [-0.15, -0.1) is 0 Å². The Morgan fingerprint density at radius 2 is 1.74 bits per heavy atom. The van der Waals surface area contributed by atoms with Crippen molar-refractivity contribution in [3.05, 3.63) is 0 Å². The van der Waals surface area contributed by atoms with E-state index in [-0.39, 0.29) is 12.0 Å². The van der Waals surface area contributed by atoms with Crippen LogP contribution >= 0.6 is 0 Å². The quantitative estimate of drug-likeness (QED) is 0.837. The lowest BCUT2D eigenvalue weighted by Gasteiger charge is -2.36. The molecule has 0 spiro atoms. The fraction of sp³-hybridized carbons (Fsp3) is 0.846. The molecule has 1 aliphatic rings. The van der Waals surface area contributed by atoms with Gasteiger partial charge in [0.1, 0.15) is 5.60 Å². The number of rotatable bonds is 3. The molecule has 19 heavy (non-hydrogen) atoms. The number of carbonyl (C=O) groups excluding carboxylic acids is 1. The number of hydrogen-bond donors (Lipinski definition) is 1. The Balaban J connectivity index is 2.36. The van der Waals surface area contributed by atoms with Crippen LogP contribution in [-0.2, 0) is 9.53 Å². The lowest BCUT2D eigenvalue weighted by molar-refractivity contribution is -0.141. The summed E-state index contributed by atoms with van der Waals surface area (Å²) in [6, 6.07) is 0. The van der Waals surface area contributed by atoms with Crippen LogP contribution < -0.4 is 0 Å². The maximum atomic E-state index is 11.8. The van der Waals surface area contributed by atoms with E-state index in [1.54, 1.807) is 11.8 Å². The predicted octanol–water partition coefficient (Wildman–Crippen LogP) is 1.26. The molecule has 1 aliphatic heterocycles. The molecule has 1 fully saturated rings. The van der Waals surface area contributed by atoms with Crippen molar-refractivity contribution in [2.75, 3.05) is 32.7 Å². The second-order valence-corrected chi connectivity index (χ2v) is 6.01. The number of carboxylic acids is 1. The number of amides is 1. The van der Waals surface area contributed by atoms with Gasteiger partial charge < -0.3 is 14.7 Å². The van der Waals surface area contributed by atoms with Crippen molar-refractivity contribution >= 4 is 12.1 Å². The van der Waals surface area contributed by atoms with E-state index < -0.39 is 11.6 Å². The van der Waals surface area contributed by atoms with Gasteiger partial charge in [-0.2, -0.15) is 0 Å². The fourth-order valence-corrected chi connectivity index (χ4v) is 1.90. The van der Waals surface area contributed by atoms with Crippen molar-refractivity contribution in [2.24, 2.45) is 5.92 Å². The lowest BCUT2D eigenvalue weighted by Crippen LogP contribution is -2.51. The van der Waals surface area contributed by atoms with E-state index in [4.69, 9.17) is 9.84 Å². The highest BCUT2D eigenvalue weighted by atomic mass is 16.6. The summed E-state index contributed by atoms with van der Waals surface area (Å²) in [4.78, 5) is 26.4. The molecule has 1 heterocycles. The van der Waals surface area contributed by atoms with Crippen LogP contribution in [0.5, 0.6) is 0 Å². The topological polar surface area (TPSA) is 70.1 Å². The van der Waals surface area contributed by atoms with Gasteiger partial charge in [0.25, 0.3) is 0 Å². The number of ether oxygens (including phenoxy) is 1. The average Bonchev–Trinajstić information content (AvgIpc) is 2.27. The number of nitrogens with zero attached hydrogens (tertiary/aromatic N) is 2. The van der Waals surface area contributed by atoms with E-state index in [9.17, 15) is 9.59 Å². The summed E-state index contributed by atoms with van der Waals surface area (Å²) in [5, 5.41) is 8.87. The van der Waals surface area contributed by atoms with Gasteiger partial charge in [-0.3, -0.25) is 9.69 Å². The van der Waals surface area contributed by atoms with E-state index in [0.717, 1.165) is 0 Å². The molecule has 0 aromatic rings. The van der Waals surface area contributed by atoms with Crippen LogP contribution in [0.25, 0.3) is 0 Å². The van der Waals surface area contributed by atoms with Gasteiger partial charge >= 0.3 is 12.1 Å². The highest BCUT2D eigenvalue weighted by Gasteiger charge is 2.27. The van der Waals surface area contributed by atoms with Crippen molar-refractivity contribution in [1.29, 1.82) is 0 Å². The standard InChI is InChI=1S/C13H24N2O4/c1-10(11(16)17)9-14-5-7-15(8-6-14)12(18)19-13(2,3)4/h10H,5-9H2,1-4H3,(H,16,17)/t10-/m0/s1. The fourth-order valence-electron chi connectivity index (χ4n) is 1.90. The Hall–Kier alpha value is -1.30. The highest BCUT2D eigenvalue weighted by molar-refractivity contribution is 5.70. The van der Waals surface area contributed by atoms with Crippen molar-refractivity contribution in [3.63, 3.8) is 0 Å². The monoisotopic (exact) mass is 272 g/mol. The van der Waals surface area contributed by atoms with E-state index in [2.05, 4.69) is 4.90 Å². The van der Waals surface area contributed by atoms with Gasteiger partial charge in [0, 0.05) is 32.7 Å². The minimum Gasteiger partial charge on any atom is -0.481 e. The smallest absolute Gasteiger partial charge is 0.410 e. The Bertz CT molecular complexity index is 330. The SMILES string of the molecule is C[C@@H](CN1CCN(C(=O)OC(C)(C)C)CC1)C(=O)O. The average molecular weight is 272 g/mol. The first-order chi connectivity index (χ1) is 8.69. The summed E-state index contributed by atoms with van der Waals surface area (Å²) < 4.78 is 5.31. The molecule has 0 bridgehead atoms. The Labute approximate surface area is 114 Å². The third kappa shape index (κ3) is 5.46. The maximum Gasteiger partial charge on any atom is 0.410 e. The van der Waals surface area contributed by atoms with Crippen LogP contribution in [0.3, 0.4) is 0 Å². The largest absolute Gasteiger partial charge is 0.481 e. The van der Waals surface area contributed by atoms with Crippen molar-refractivity contribution < 1.29 is 19.4 Å². The van der Waals surface area contributed by atoms with Gasteiger partial charge in [-0.1, -0.05) is 6.92 Å². The van der Waals surface area contributed by atoms with E-state index in [1.807, 2.05) is 20.8 Å². The third-order valence-corrected chi connectivity index (χ3v) is 2.98. The molecule has 0 aliphatic carbocycles. The van der Waals surface area contributed by atoms with E-state index in [0.29, 0.717) is 32.7 Å². The molecule has 1 N–H and O–H groups in total. The highest BCUT2D eigenvalue weighted by Crippen LogP contribution is 2.12. The predicted molar refractivity (Wildman–Crippen MR) is 71.0 cm³/mol. The second kappa shape index (κ2) is 6.23. The van der Waals surface area contributed by atoms with Crippen LogP contribution in [0.2, 0.25) is 0 Å². The molecule has 0 unspecified atom stereocenters. The van der Waals surface area contributed by atoms with Crippen molar-refractivity contribution in [3.8, 4) is 0 Å². The van der Waals surface area contributed by atoms with E-state index in [1.165, 1.54) is 0 Å². The Kier molecular flexibility index (Phi) is 5.17. The second-order valence-electron chi connectivity index (χ2n) is 6.01. The number of hydrogen-bond acceptors (Lipinski definition) is 4. The molecule has 6 heteroatoms. The number of piperazine rings is 1. The summed E-state index contributed by atoms with van der Waals surface area (Å²) in [5.74, 6) is -1.16. The zero-order valence-corrected chi connectivity index (χ0v) is 12.2. The van der Waals surface area contributed by atoms with E-state index >= 15 is 0 Å². The number of aliphatic carboxylic acids is 1. The minimum absolute atomic E-state index is 0.293. The van der Waals surface area contributed by atoms with Gasteiger partial charge in [0.05, 0.1) is 5.92 Å². The lowest BCUT2D eigenvalue weighted by atomic mass is 10.1. The molecule has 0 saturated carbocycles. The normalized spacial score (nSPS) is 19.1. The van der Waals surface area contributed by atoms with Crippen molar-refractivity contribution in [2.45, 2.75) is 33.3 Å². The molecule has 1 atom stereocenters. The molecule has 1 saturated heterocycles. The molecule has 6 nitrogen and oxygen atoms in total. The van der Waals surface area contributed by atoms with Crippen LogP contribution in [-0.4, -0.2) is 65.3 Å². The summed E-state index contributed by atoms with van der Waals surface area (Å²) >= 11 is 0. The molecular weight excluding hydrogens is 248 g/mol. The minimum atomic E-state index is -0.783. The maximum absolute atomic E-state index is 11.8. The first kappa shape index (κ1) is 15.8. The van der Waals surface area contributed by atoms with Gasteiger partial charge in [0.2, 0.25) is 0 Å². The molecule has 0 radical (unpaired) electrons. The van der Waals surface area contributed by atoms with Crippen LogP contribution in [0.1, 0.15) is 27.7 Å². The Morgan fingerprint density at radius 1 is 1.21 bits per heavy atom. The van der Waals surface area contributed by atoms with Gasteiger partial charge in [-0.05, 0) is 20.8 Å². The van der Waals surface area contributed by atoms with Crippen molar-refractivity contribution in [1.82, 2.24) is 9.80 Å². The van der Waals surface area contributed by atoms with Crippen LogP contribution in [0, 0.1) is 5.92 Å². The van der Waals surface area contributed by atoms with Crippen LogP contribution in [0.4, 0.5) is 4.79 Å². The molecule has 0 aromatic carbocycles. The Morgan fingerprint density at radius 3 is 2.16 bits per heavy atom. The molecule has 0 aromatic heterocycles.